The normalized spacial score (nSPS) is 34.0. The van der Waals surface area contributed by atoms with Crippen molar-refractivity contribution >= 4 is 12.1 Å². The summed E-state index contributed by atoms with van der Waals surface area (Å²) >= 11 is 0. The number of amides is 1. The lowest BCUT2D eigenvalue weighted by molar-refractivity contribution is -0.139. The van der Waals surface area contributed by atoms with E-state index < -0.39 is 11.4 Å². The van der Waals surface area contributed by atoms with E-state index in [0.29, 0.717) is 37.8 Å². The first-order valence-corrected chi connectivity index (χ1v) is 11.7. The maximum atomic E-state index is 13.0. The molecule has 30 heavy (non-hydrogen) atoms. The first-order chi connectivity index (χ1) is 14.4. The molecule has 5 aliphatic rings. The fourth-order valence-electron chi connectivity index (χ4n) is 7.37. The molecule has 5 fully saturated rings. The molecule has 0 spiro atoms. The van der Waals surface area contributed by atoms with Crippen LogP contribution in [0.25, 0.3) is 0 Å². The number of carboxylic acid groups (broad SMARTS) is 1. The van der Waals surface area contributed by atoms with Gasteiger partial charge in [0.1, 0.15) is 6.10 Å². The van der Waals surface area contributed by atoms with Gasteiger partial charge >= 0.3 is 12.1 Å². The molecule has 1 aliphatic heterocycles. The van der Waals surface area contributed by atoms with Crippen LogP contribution >= 0.6 is 0 Å². The van der Waals surface area contributed by atoms with Crippen LogP contribution in [0.15, 0.2) is 24.3 Å². The molecule has 4 saturated carbocycles. The van der Waals surface area contributed by atoms with Crippen molar-refractivity contribution in [2.75, 3.05) is 13.1 Å². The molecule has 0 radical (unpaired) electrons. The van der Waals surface area contributed by atoms with Gasteiger partial charge in [0, 0.05) is 18.5 Å². The molecule has 5 heteroatoms. The second kappa shape index (κ2) is 7.58. The molecular formula is C25H33NO4. The molecule has 1 N–H and O–H groups in total. The number of benzene rings is 1. The van der Waals surface area contributed by atoms with Gasteiger partial charge in [-0.25, -0.2) is 4.79 Å². The number of aliphatic carboxylic acids is 1. The van der Waals surface area contributed by atoms with Crippen molar-refractivity contribution in [1.29, 1.82) is 0 Å². The Balaban J connectivity index is 1.26. The summed E-state index contributed by atoms with van der Waals surface area (Å²) in [4.78, 5) is 26.5. The number of likely N-dealkylation sites (tertiary alicyclic amines) is 1. The zero-order valence-corrected chi connectivity index (χ0v) is 17.9. The Morgan fingerprint density at radius 3 is 2.20 bits per heavy atom. The van der Waals surface area contributed by atoms with E-state index in [9.17, 15) is 14.7 Å². The lowest BCUT2D eigenvalue weighted by Gasteiger charge is -2.53. The molecule has 6 rings (SSSR count). The van der Waals surface area contributed by atoms with Crippen LogP contribution in [-0.4, -0.2) is 41.3 Å². The summed E-state index contributed by atoms with van der Waals surface area (Å²) in [6.07, 6.45) is 7.70. The van der Waals surface area contributed by atoms with Gasteiger partial charge in [-0.1, -0.05) is 24.3 Å². The number of ether oxygens (including phenoxy) is 1. The molecule has 4 aliphatic carbocycles. The van der Waals surface area contributed by atoms with Crippen LogP contribution in [-0.2, 0) is 14.9 Å². The minimum absolute atomic E-state index is 0.104. The first-order valence-electron chi connectivity index (χ1n) is 11.7. The number of hydrogen-bond acceptors (Lipinski definition) is 3. The Hall–Kier alpha value is -2.04. The van der Waals surface area contributed by atoms with E-state index in [2.05, 4.69) is 6.07 Å². The maximum absolute atomic E-state index is 13.0. The molecule has 0 aromatic heterocycles. The van der Waals surface area contributed by atoms with Gasteiger partial charge in [-0.3, -0.25) is 4.79 Å². The maximum Gasteiger partial charge on any atom is 0.410 e. The topological polar surface area (TPSA) is 66.8 Å². The number of hydrogen-bond donors (Lipinski definition) is 1. The predicted octanol–water partition coefficient (Wildman–Crippen LogP) is 4.76. The molecule has 1 aromatic rings. The molecule has 0 unspecified atom stereocenters. The molecule has 0 atom stereocenters. The highest BCUT2D eigenvalue weighted by atomic mass is 16.6. The van der Waals surface area contributed by atoms with Crippen LogP contribution in [0.3, 0.4) is 0 Å². The third kappa shape index (κ3) is 3.50. The lowest BCUT2D eigenvalue weighted by atomic mass is 9.55. The van der Waals surface area contributed by atoms with E-state index in [4.69, 9.17) is 4.74 Å². The van der Waals surface area contributed by atoms with Crippen LogP contribution in [0.5, 0.6) is 0 Å². The standard InChI is InChI=1S/C25H33NO4/c1-16-4-2-3-5-21(16)25(15-22(27)28)6-8-26(9-7-25)24(29)30-23-19-11-17-10-18(13-19)14-20(23)12-17/h2-5,17-20,23H,6-15H2,1H3,(H,27,28). The molecule has 1 heterocycles. The molecule has 4 bridgehead atoms. The van der Waals surface area contributed by atoms with E-state index in [1.165, 1.54) is 32.1 Å². The van der Waals surface area contributed by atoms with Crippen molar-refractivity contribution in [3.8, 4) is 0 Å². The van der Waals surface area contributed by atoms with E-state index in [1.54, 1.807) is 0 Å². The van der Waals surface area contributed by atoms with Gasteiger partial charge in [-0.2, -0.15) is 0 Å². The van der Waals surface area contributed by atoms with Crippen molar-refractivity contribution in [3.63, 3.8) is 0 Å². The zero-order chi connectivity index (χ0) is 20.9. The van der Waals surface area contributed by atoms with Crippen LogP contribution in [0, 0.1) is 30.6 Å². The van der Waals surface area contributed by atoms with Crippen molar-refractivity contribution in [2.24, 2.45) is 23.7 Å². The average Bonchev–Trinajstić information content (AvgIpc) is 2.70. The van der Waals surface area contributed by atoms with Crippen LogP contribution in [0.2, 0.25) is 0 Å². The van der Waals surface area contributed by atoms with E-state index in [1.807, 2.05) is 30.0 Å². The van der Waals surface area contributed by atoms with E-state index in [-0.39, 0.29) is 18.6 Å². The quantitative estimate of drug-likeness (QED) is 0.775. The van der Waals surface area contributed by atoms with Gasteiger partial charge in [0.25, 0.3) is 0 Å². The van der Waals surface area contributed by atoms with Crippen LogP contribution in [0.4, 0.5) is 4.79 Å². The van der Waals surface area contributed by atoms with Gasteiger partial charge in [-0.05, 0) is 86.7 Å². The number of rotatable bonds is 4. The minimum atomic E-state index is -0.775. The monoisotopic (exact) mass is 411 g/mol. The minimum Gasteiger partial charge on any atom is -0.481 e. The zero-order valence-electron chi connectivity index (χ0n) is 17.9. The van der Waals surface area contributed by atoms with Crippen LogP contribution in [0.1, 0.15) is 62.5 Å². The fraction of sp³-hybridized carbons (Fsp3) is 0.680. The molecule has 1 aromatic carbocycles. The summed E-state index contributed by atoms with van der Waals surface area (Å²) < 4.78 is 6.12. The molecule has 1 amide bonds. The first kappa shape index (κ1) is 19.9. The second-order valence-electron chi connectivity index (χ2n) is 10.4. The Morgan fingerprint density at radius 1 is 1.03 bits per heavy atom. The van der Waals surface area contributed by atoms with Crippen molar-refractivity contribution in [1.82, 2.24) is 4.90 Å². The number of carbonyl (C=O) groups is 2. The number of aryl methyl sites for hydroxylation is 1. The smallest absolute Gasteiger partial charge is 0.410 e. The number of carboxylic acids is 1. The number of piperidine rings is 1. The fourth-order valence-corrected chi connectivity index (χ4v) is 7.37. The van der Waals surface area contributed by atoms with Crippen molar-refractivity contribution < 1.29 is 19.4 Å². The van der Waals surface area contributed by atoms with Gasteiger partial charge in [-0.15, -0.1) is 0 Å². The SMILES string of the molecule is Cc1ccccc1C1(CC(=O)O)CCN(C(=O)OC2C3CC4CC(C3)CC2C4)CC1. The largest absolute Gasteiger partial charge is 0.481 e. The summed E-state index contributed by atoms with van der Waals surface area (Å²) in [5.41, 5.74) is 1.83. The highest BCUT2D eigenvalue weighted by Gasteiger charge is 2.50. The Bertz CT molecular complexity index is 798. The van der Waals surface area contributed by atoms with Crippen molar-refractivity contribution in [3.05, 3.63) is 35.4 Å². The summed E-state index contributed by atoms with van der Waals surface area (Å²) in [5.74, 6) is 2.08. The van der Waals surface area contributed by atoms with Gasteiger partial charge in [0.2, 0.25) is 0 Å². The summed E-state index contributed by atoms with van der Waals surface area (Å²) in [7, 11) is 0. The summed E-state index contributed by atoms with van der Waals surface area (Å²) in [6.45, 7) is 3.17. The summed E-state index contributed by atoms with van der Waals surface area (Å²) in [5, 5.41) is 9.59. The molecule has 5 nitrogen and oxygen atoms in total. The predicted molar refractivity (Wildman–Crippen MR) is 113 cm³/mol. The van der Waals surface area contributed by atoms with Crippen LogP contribution < -0.4 is 0 Å². The Morgan fingerprint density at radius 2 is 1.63 bits per heavy atom. The molecule has 162 valence electrons. The number of carbonyl (C=O) groups excluding carboxylic acids is 1. The third-order valence-electron chi connectivity index (χ3n) is 8.56. The van der Waals surface area contributed by atoms with E-state index in [0.717, 1.165) is 23.0 Å². The Labute approximate surface area is 178 Å². The van der Waals surface area contributed by atoms with Gasteiger partial charge in [0.05, 0.1) is 6.42 Å². The molecular weight excluding hydrogens is 378 g/mol. The molecule has 1 saturated heterocycles. The average molecular weight is 412 g/mol. The van der Waals surface area contributed by atoms with Gasteiger partial charge < -0.3 is 14.7 Å². The van der Waals surface area contributed by atoms with Crippen molar-refractivity contribution in [2.45, 2.75) is 69.8 Å². The third-order valence-corrected chi connectivity index (χ3v) is 8.56. The van der Waals surface area contributed by atoms with E-state index >= 15 is 0 Å². The highest BCUT2D eigenvalue weighted by molar-refractivity contribution is 5.70. The Kier molecular flexibility index (Phi) is 5.03. The summed E-state index contributed by atoms with van der Waals surface area (Å²) in [6, 6.07) is 8.08. The number of nitrogens with zero attached hydrogens (tertiary/aromatic N) is 1. The lowest BCUT2D eigenvalue weighted by Crippen LogP contribution is -2.52. The van der Waals surface area contributed by atoms with Gasteiger partial charge in [0.15, 0.2) is 0 Å². The second-order valence-corrected chi connectivity index (χ2v) is 10.4. The highest BCUT2D eigenvalue weighted by Crippen LogP contribution is 2.54.